The van der Waals surface area contributed by atoms with Crippen LogP contribution in [0, 0.1) is 5.82 Å². The van der Waals surface area contributed by atoms with Crippen molar-refractivity contribution >= 4 is 47.0 Å². The van der Waals surface area contributed by atoms with Crippen molar-refractivity contribution in [3.05, 3.63) is 58.4 Å². The average molecular weight is 591 g/mol. The third-order valence-corrected chi connectivity index (χ3v) is 7.79. The number of carboxylic acid groups (broad SMARTS) is 1. The van der Waals surface area contributed by atoms with Gasteiger partial charge in [0.05, 0.1) is 28.4 Å². The monoisotopic (exact) mass is 590 g/mol. The van der Waals surface area contributed by atoms with Crippen LogP contribution in [0.4, 0.5) is 25.4 Å². The molecule has 4 rings (SSSR count). The predicted molar refractivity (Wildman–Crippen MR) is 149 cm³/mol. The first-order valence-electron chi connectivity index (χ1n) is 13.0. The number of likely N-dealkylation sites (tertiary alicyclic amines) is 1. The number of hydrogen-bond donors (Lipinski definition) is 3. The second kappa shape index (κ2) is 11.5. The summed E-state index contributed by atoms with van der Waals surface area (Å²) in [4.78, 5) is 53.3. The van der Waals surface area contributed by atoms with Crippen molar-refractivity contribution in [1.29, 1.82) is 0 Å². The standard InChI is InChI=1S/C28H32ClFN4O7/c1-27(2,40-4)14-20(31-23(35)16-6-8-17(9-7-16)33(3)26(38)39)24(36)34-13-5-12-28(15-34)21-19(32-25(37)41-28)11-10-18(29)22(21)30/h6-11,20H,5,12-15H2,1-4H3,(H,31,35)(H,32,37)(H,38,39)/t20-,28?/m0/s1. The number of anilines is 2. The van der Waals surface area contributed by atoms with E-state index in [-0.39, 0.29) is 41.2 Å². The Morgan fingerprint density at radius 1 is 1.27 bits per heavy atom. The van der Waals surface area contributed by atoms with E-state index in [9.17, 15) is 24.3 Å². The summed E-state index contributed by atoms with van der Waals surface area (Å²) < 4.78 is 26.5. The largest absolute Gasteiger partial charge is 0.465 e. The zero-order valence-electron chi connectivity index (χ0n) is 23.1. The molecular weight excluding hydrogens is 559 g/mol. The number of benzene rings is 2. The second-order valence-corrected chi connectivity index (χ2v) is 11.1. The van der Waals surface area contributed by atoms with Gasteiger partial charge >= 0.3 is 12.2 Å². The molecule has 2 aromatic rings. The molecule has 41 heavy (non-hydrogen) atoms. The molecule has 1 fully saturated rings. The summed E-state index contributed by atoms with van der Waals surface area (Å²) in [6.45, 7) is 3.70. The molecule has 220 valence electrons. The van der Waals surface area contributed by atoms with Gasteiger partial charge in [-0.2, -0.15) is 0 Å². The molecule has 1 unspecified atom stereocenters. The number of carbonyl (C=O) groups is 4. The van der Waals surface area contributed by atoms with Crippen LogP contribution in [0.15, 0.2) is 36.4 Å². The molecule has 2 atom stereocenters. The molecule has 2 heterocycles. The summed E-state index contributed by atoms with van der Waals surface area (Å²) >= 11 is 6.06. The quantitative estimate of drug-likeness (QED) is 0.429. The molecule has 2 aromatic carbocycles. The molecule has 4 amide bonds. The first-order valence-corrected chi connectivity index (χ1v) is 13.3. The molecule has 2 aliphatic rings. The highest BCUT2D eigenvalue weighted by Gasteiger charge is 2.49. The first kappa shape index (κ1) is 30.1. The number of halogens is 2. The van der Waals surface area contributed by atoms with E-state index in [1.54, 1.807) is 13.8 Å². The molecule has 2 aliphatic heterocycles. The molecule has 1 saturated heterocycles. The highest BCUT2D eigenvalue weighted by Crippen LogP contribution is 2.45. The number of hydrogen-bond acceptors (Lipinski definition) is 6. The maximum atomic E-state index is 15.3. The Labute approximate surface area is 241 Å². The Morgan fingerprint density at radius 3 is 2.59 bits per heavy atom. The molecular formula is C28H32ClFN4O7. The van der Waals surface area contributed by atoms with Crippen molar-refractivity contribution in [3.8, 4) is 0 Å². The van der Waals surface area contributed by atoms with E-state index in [1.165, 1.54) is 55.5 Å². The number of nitrogens with one attached hydrogen (secondary N) is 2. The summed E-state index contributed by atoms with van der Waals surface area (Å²) in [6, 6.07) is 7.67. The predicted octanol–water partition coefficient (Wildman–Crippen LogP) is 4.59. The van der Waals surface area contributed by atoms with Crippen LogP contribution in [0.1, 0.15) is 49.0 Å². The van der Waals surface area contributed by atoms with E-state index in [0.29, 0.717) is 18.7 Å². The van der Waals surface area contributed by atoms with Crippen LogP contribution in [0.25, 0.3) is 0 Å². The van der Waals surface area contributed by atoms with Crippen LogP contribution in [0.3, 0.4) is 0 Å². The molecule has 0 saturated carbocycles. The van der Waals surface area contributed by atoms with Crippen molar-refractivity contribution in [3.63, 3.8) is 0 Å². The van der Waals surface area contributed by atoms with Gasteiger partial charge in [0.15, 0.2) is 11.4 Å². The Balaban J connectivity index is 1.61. The van der Waals surface area contributed by atoms with Crippen LogP contribution < -0.4 is 15.5 Å². The van der Waals surface area contributed by atoms with Gasteiger partial charge in [0, 0.05) is 38.4 Å². The minimum atomic E-state index is -1.46. The zero-order chi connectivity index (χ0) is 30.1. The van der Waals surface area contributed by atoms with E-state index < -0.39 is 47.1 Å². The number of nitrogens with zero attached hydrogens (tertiary/aromatic N) is 2. The number of fused-ring (bicyclic) bond motifs is 2. The fraction of sp³-hybridized carbons (Fsp3) is 0.429. The van der Waals surface area contributed by atoms with Gasteiger partial charge in [-0.25, -0.2) is 14.0 Å². The smallest absolute Gasteiger partial charge is 0.412 e. The Morgan fingerprint density at radius 2 is 1.95 bits per heavy atom. The summed E-state index contributed by atoms with van der Waals surface area (Å²) in [5, 5.41) is 14.3. The van der Waals surface area contributed by atoms with Gasteiger partial charge in [-0.15, -0.1) is 0 Å². The van der Waals surface area contributed by atoms with Crippen molar-refractivity contribution in [2.24, 2.45) is 0 Å². The van der Waals surface area contributed by atoms with Crippen LogP contribution in [0.2, 0.25) is 5.02 Å². The molecule has 0 bridgehead atoms. The van der Waals surface area contributed by atoms with Crippen molar-refractivity contribution < 1.29 is 38.1 Å². The SMILES string of the molecule is COC(C)(C)C[C@H](NC(=O)c1ccc(N(C)C(=O)O)cc1)C(=O)N1CCCC2(C1)OC(=O)Nc1ccc(Cl)c(F)c12. The minimum Gasteiger partial charge on any atom is -0.465 e. The van der Waals surface area contributed by atoms with Gasteiger partial charge in [-0.05, 0) is 63.1 Å². The third-order valence-electron chi connectivity index (χ3n) is 7.50. The lowest BCUT2D eigenvalue weighted by atomic mass is 9.82. The van der Waals surface area contributed by atoms with Gasteiger partial charge in [-0.3, -0.25) is 19.8 Å². The number of amides is 4. The topological polar surface area (TPSA) is 138 Å². The number of ether oxygens (including phenoxy) is 2. The fourth-order valence-corrected chi connectivity index (χ4v) is 5.30. The lowest BCUT2D eigenvalue weighted by Gasteiger charge is -2.46. The lowest BCUT2D eigenvalue weighted by Crippen LogP contribution is -2.58. The maximum Gasteiger partial charge on any atom is 0.412 e. The normalized spacial score (nSPS) is 19.1. The number of rotatable bonds is 7. The fourth-order valence-electron chi connectivity index (χ4n) is 5.15. The number of methoxy groups -OCH3 is 1. The highest BCUT2D eigenvalue weighted by atomic mass is 35.5. The molecule has 0 radical (unpaired) electrons. The first-order chi connectivity index (χ1) is 19.3. The molecule has 3 N–H and O–H groups in total. The average Bonchev–Trinajstić information content (AvgIpc) is 2.93. The summed E-state index contributed by atoms with van der Waals surface area (Å²) in [6.07, 6.45) is -1.15. The number of carbonyl (C=O) groups excluding carboxylic acids is 3. The van der Waals surface area contributed by atoms with Gasteiger partial charge in [-0.1, -0.05) is 11.6 Å². The van der Waals surface area contributed by atoms with Gasteiger partial charge in [0.1, 0.15) is 6.04 Å². The van der Waals surface area contributed by atoms with Gasteiger partial charge < -0.3 is 24.8 Å². The maximum absolute atomic E-state index is 15.3. The number of piperidine rings is 1. The lowest BCUT2D eigenvalue weighted by molar-refractivity contribution is -0.143. The summed E-state index contributed by atoms with van der Waals surface area (Å²) in [7, 11) is 2.87. The molecule has 0 aliphatic carbocycles. The van der Waals surface area contributed by atoms with Crippen molar-refractivity contribution in [2.75, 3.05) is 37.5 Å². The molecule has 0 aromatic heterocycles. The summed E-state index contributed by atoms with van der Waals surface area (Å²) in [5.74, 6) is -1.74. The van der Waals surface area contributed by atoms with Crippen molar-refractivity contribution in [2.45, 2.75) is 50.4 Å². The van der Waals surface area contributed by atoms with Crippen molar-refractivity contribution in [1.82, 2.24) is 10.2 Å². The molecule has 1 spiro atoms. The third kappa shape index (κ3) is 6.23. The highest BCUT2D eigenvalue weighted by molar-refractivity contribution is 6.31. The van der Waals surface area contributed by atoms with E-state index in [4.69, 9.17) is 21.1 Å². The van der Waals surface area contributed by atoms with Crippen LogP contribution in [-0.4, -0.2) is 72.9 Å². The van der Waals surface area contributed by atoms with E-state index in [1.807, 2.05) is 0 Å². The van der Waals surface area contributed by atoms with Crippen LogP contribution in [0.5, 0.6) is 0 Å². The van der Waals surface area contributed by atoms with Crippen LogP contribution >= 0.6 is 11.6 Å². The van der Waals surface area contributed by atoms with E-state index in [0.717, 1.165) is 4.90 Å². The Hall–Kier alpha value is -3.90. The summed E-state index contributed by atoms with van der Waals surface area (Å²) in [5.41, 5.74) is -1.38. The van der Waals surface area contributed by atoms with Gasteiger partial charge in [0.25, 0.3) is 5.91 Å². The molecule has 13 heteroatoms. The minimum absolute atomic E-state index is 0.0753. The van der Waals surface area contributed by atoms with E-state index in [2.05, 4.69) is 10.6 Å². The van der Waals surface area contributed by atoms with Crippen LogP contribution in [-0.2, 0) is 19.9 Å². The molecule has 11 nitrogen and oxygen atoms in total. The Bertz CT molecular complexity index is 1370. The van der Waals surface area contributed by atoms with Gasteiger partial charge in [0.2, 0.25) is 5.91 Å². The Kier molecular flexibility index (Phi) is 8.46. The zero-order valence-corrected chi connectivity index (χ0v) is 23.9. The second-order valence-electron chi connectivity index (χ2n) is 10.7. The van der Waals surface area contributed by atoms with E-state index >= 15 is 4.39 Å².